The van der Waals surface area contributed by atoms with E-state index in [4.69, 9.17) is 4.74 Å². The van der Waals surface area contributed by atoms with Crippen LogP contribution in [0, 0.1) is 0 Å². The first kappa shape index (κ1) is 14.4. The van der Waals surface area contributed by atoms with Crippen molar-refractivity contribution in [1.82, 2.24) is 5.32 Å². The normalized spacial score (nSPS) is 14.5. The van der Waals surface area contributed by atoms with E-state index in [1.165, 1.54) is 11.1 Å². The van der Waals surface area contributed by atoms with Crippen molar-refractivity contribution < 1.29 is 8.95 Å². The van der Waals surface area contributed by atoms with Crippen molar-refractivity contribution in [3.8, 4) is 0 Å². The van der Waals surface area contributed by atoms with Crippen LogP contribution in [0.3, 0.4) is 0 Å². The van der Waals surface area contributed by atoms with Crippen molar-refractivity contribution in [2.45, 2.75) is 26.1 Å². The summed E-state index contributed by atoms with van der Waals surface area (Å²) in [5.74, 6) is 0.696. The van der Waals surface area contributed by atoms with Crippen LogP contribution < -0.4 is 5.32 Å². The Morgan fingerprint density at radius 1 is 1.29 bits per heavy atom. The summed E-state index contributed by atoms with van der Waals surface area (Å²) in [6.07, 6.45) is 1.73. The molecule has 0 heterocycles. The molecule has 0 bridgehead atoms. The fourth-order valence-electron chi connectivity index (χ4n) is 1.62. The topological polar surface area (TPSA) is 38.3 Å². The zero-order valence-electron chi connectivity index (χ0n) is 10.7. The van der Waals surface area contributed by atoms with Gasteiger partial charge in [-0.05, 0) is 18.1 Å². The molecule has 0 aliphatic carbocycles. The van der Waals surface area contributed by atoms with E-state index in [0.717, 1.165) is 6.54 Å². The monoisotopic (exact) mass is 255 g/mol. The first-order chi connectivity index (χ1) is 8.11. The second-order valence-corrected chi connectivity index (χ2v) is 5.75. The van der Waals surface area contributed by atoms with Gasteiger partial charge in [-0.2, -0.15) is 0 Å². The maximum absolute atomic E-state index is 11.0. The van der Waals surface area contributed by atoms with Gasteiger partial charge in [0.15, 0.2) is 0 Å². The molecule has 0 saturated heterocycles. The molecule has 1 aromatic carbocycles. The van der Waals surface area contributed by atoms with Crippen LogP contribution in [0.25, 0.3) is 0 Å². The molecule has 1 N–H and O–H groups in total. The lowest BCUT2D eigenvalue weighted by Crippen LogP contribution is -2.30. The van der Waals surface area contributed by atoms with E-state index in [0.29, 0.717) is 12.4 Å². The van der Waals surface area contributed by atoms with Crippen molar-refractivity contribution in [1.29, 1.82) is 0 Å². The van der Waals surface area contributed by atoms with Gasteiger partial charge in [0.2, 0.25) is 0 Å². The van der Waals surface area contributed by atoms with Gasteiger partial charge in [-0.25, -0.2) is 0 Å². The summed E-state index contributed by atoms with van der Waals surface area (Å²) in [6, 6.07) is 8.61. The molecular formula is C13H21NO2S. The predicted molar refractivity (Wildman–Crippen MR) is 72.4 cm³/mol. The molecule has 1 aromatic rings. The van der Waals surface area contributed by atoms with Crippen LogP contribution in [-0.2, 0) is 28.7 Å². The Bertz CT molecular complexity index is 351. The van der Waals surface area contributed by atoms with Crippen LogP contribution in [0.5, 0.6) is 0 Å². The molecule has 0 aromatic heterocycles. The number of hydrogen-bond acceptors (Lipinski definition) is 3. The molecule has 4 heteroatoms. The van der Waals surface area contributed by atoms with E-state index in [1.54, 1.807) is 13.4 Å². The van der Waals surface area contributed by atoms with Gasteiger partial charge >= 0.3 is 0 Å². The molecule has 2 unspecified atom stereocenters. The summed E-state index contributed by atoms with van der Waals surface area (Å²) in [4.78, 5) is 0. The third kappa shape index (κ3) is 5.96. The molecule has 0 radical (unpaired) electrons. The molecule has 0 aliphatic rings. The average molecular weight is 255 g/mol. The second-order valence-electron chi connectivity index (χ2n) is 4.27. The van der Waals surface area contributed by atoms with Crippen molar-refractivity contribution >= 4 is 10.8 Å². The predicted octanol–water partition coefficient (Wildman–Crippen LogP) is 1.69. The van der Waals surface area contributed by atoms with Gasteiger partial charge in [-0.15, -0.1) is 0 Å². The van der Waals surface area contributed by atoms with Crippen LogP contribution >= 0.6 is 0 Å². The highest BCUT2D eigenvalue weighted by Gasteiger charge is 2.03. The Labute approximate surface area is 106 Å². The molecule has 0 saturated carbocycles. The Morgan fingerprint density at radius 3 is 2.41 bits per heavy atom. The standard InChI is InChI=1S/C13H21NO2S/c1-11(10-17(3)15)14-8-12-4-6-13(7-5-12)9-16-2/h4-7,11,14H,8-10H2,1-3H3. The lowest BCUT2D eigenvalue weighted by atomic mass is 10.1. The van der Waals surface area contributed by atoms with Crippen LogP contribution in [0.15, 0.2) is 24.3 Å². The quantitative estimate of drug-likeness (QED) is 0.806. The maximum Gasteiger partial charge on any atom is 0.0713 e. The van der Waals surface area contributed by atoms with Gasteiger partial charge in [-0.1, -0.05) is 24.3 Å². The molecule has 1 rings (SSSR count). The highest BCUT2D eigenvalue weighted by atomic mass is 32.2. The smallest absolute Gasteiger partial charge is 0.0713 e. The first-order valence-corrected chi connectivity index (χ1v) is 7.44. The van der Waals surface area contributed by atoms with Gasteiger partial charge in [0.25, 0.3) is 0 Å². The maximum atomic E-state index is 11.0. The Kier molecular flexibility index (Phi) is 6.40. The highest BCUT2D eigenvalue weighted by Crippen LogP contribution is 2.05. The van der Waals surface area contributed by atoms with Crippen molar-refractivity contribution in [2.75, 3.05) is 19.1 Å². The zero-order chi connectivity index (χ0) is 12.7. The van der Waals surface area contributed by atoms with Crippen molar-refractivity contribution in [2.24, 2.45) is 0 Å². The third-order valence-electron chi connectivity index (χ3n) is 2.47. The summed E-state index contributed by atoms with van der Waals surface area (Å²) in [5, 5.41) is 3.36. The summed E-state index contributed by atoms with van der Waals surface area (Å²) < 4.78 is 16.1. The summed E-state index contributed by atoms with van der Waals surface area (Å²) >= 11 is 0. The molecule has 3 nitrogen and oxygen atoms in total. The van der Waals surface area contributed by atoms with Crippen molar-refractivity contribution in [3.63, 3.8) is 0 Å². The van der Waals surface area contributed by atoms with E-state index in [1.807, 2.05) is 0 Å². The molecule has 0 aliphatic heterocycles. The molecule has 96 valence electrons. The number of hydrogen-bond donors (Lipinski definition) is 1. The fourth-order valence-corrected chi connectivity index (χ4v) is 2.45. The van der Waals surface area contributed by atoms with Crippen LogP contribution in [-0.4, -0.2) is 29.4 Å². The molecule has 0 fully saturated rings. The summed E-state index contributed by atoms with van der Waals surface area (Å²) in [5.41, 5.74) is 2.41. The van der Waals surface area contributed by atoms with Gasteiger partial charge in [0, 0.05) is 42.5 Å². The lowest BCUT2D eigenvalue weighted by molar-refractivity contribution is 0.185. The molecule has 2 atom stereocenters. The lowest BCUT2D eigenvalue weighted by Gasteiger charge is -2.12. The number of nitrogens with one attached hydrogen (secondary N) is 1. The zero-order valence-corrected chi connectivity index (χ0v) is 11.5. The van der Waals surface area contributed by atoms with Crippen LogP contribution in [0.4, 0.5) is 0 Å². The number of methoxy groups -OCH3 is 1. The molecule has 0 spiro atoms. The minimum absolute atomic E-state index is 0.277. The SMILES string of the molecule is COCc1ccc(CNC(C)CS(C)=O)cc1. The Hall–Kier alpha value is -0.710. The Morgan fingerprint density at radius 2 is 1.88 bits per heavy atom. The van der Waals surface area contributed by atoms with E-state index in [-0.39, 0.29) is 6.04 Å². The van der Waals surface area contributed by atoms with E-state index in [9.17, 15) is 4.21 Å². The van der Waals surface area contributed by atoms with Crippen molar-refractivity contribution in [3.05, 3.63) is 35.4 Å². The number of ether oxygens (including phenoxy) is 1. The minimum Gasteiger partial charge on any atom is -0.380 e. The van der Waals surface area contributed by atoms with Crippen LogP contribution in [0.1, 0.15) is 18.1 Å². The largest absolute Gasteiger partial charge is 0.380 e. The van der Waals surface area contributed by atoms with E-state index < -0.39 is 10.8 Å². The highest BCUT2D eigenvalue weighted by molar-refractivity contribution is 7.84. The molecule has 0 amide bonds. The average Bonchev–Trinajstić information content (AvgIpc) is 2.28. The third-order valence-corrected chi connectivity index (χ3v) is 3.44. The number of benzene rings is 1. The van der Waals surface area contributed by atoms with Gasteiger partial charge < -0.3 is 10.1 Å². The molecular weight excluding hydrogens is 234 g/mol. The van der Waals surface area contributed by atoms with E-state index in [2.05, 4.69) is 36.5 Å². The second kappa shape index (κ2) is 7.58. The Balaban J connectivity index is 2.38. The first-order valence-electron chi connectivity index (χ1n) is 5.72. The fraction of sp³-hybridized carbons (Fsp3) is 0.538. The van der Waals surface area contributed by atoms with Gasteiger partial charge in [-0.3, -0.25) is 4.21 Å². The van der Waals surface area contributed by atoms with E-state index >= 15 is 0 Å². The summed E-state index contributed by atoms with van der Waals surface area (Å²) in [7, 11) is 0.958. The number of rotatable bonds is 7. The molecule has 17 heavy (non-hydrogen) atoms. The van der Waals surface area contributed by atoms with Gasteiger partial charge in [0.05, 0.1) is 6.61 Å². The minimum atomic E-state index is -0.739. The summed E-state index contributed by atoms with van der Waals surface area (Å²) in [6.45, 7) is 3.52. The van der Waals surface area contributed by atoms with Crippen LogP contribution in [0.2, 0.25) is 0 Å². The van der Waals surface area contributed by atoms with Gasteiger partial charge in [0.1, 0.15) is 0 Å².